The van der Waals surface area contributed by atoms with Crippen molar-refractivity contribution in [1.82, 2.24) is 15.3 Å². The normalized spacial score (nSPS) is 14.8. The predicted octanol–water partition coefficient (Wildman–Crippen LogP) is 1.44. The Morgan fingerprint density at radius 2 is 2.18 bits per heavy atom. The number of carbonyl (C=O) groups excluding carboxylic acids is 1. The Kier molecular flexibility index (Phi) is 3.56. The molecular weight excluding hydrogens is 216 g/mol. The maximum absolute atomic E-state index is 11.6. The van der Waals surface area contributed by atoms with Crippen LogP contribution in [0.2, 0.25) is 0 Å². The first-order valence-electron chi connectivity index (χ1n) is 6.02. The minimum absolute atomic E-state index is 0.129. The Morgan fingerprint density at radius 3 is 2.71 bits per heavy atom. The number of amides is 1. The van der Waals surface area contributed by atoms with Gasteiger partial charge < -0.3 is 10.6 Å². The van der Waals surface area contributed by atoms with Gasteiger partial charge in [0.05, 0.1) is 12.4 Å². The van der Waals surface area contributed by atoms with Gasteiger partial charge in [-0.25, -0.2) is 9.97 Å². The lowest BCUT2D eigenvalue weighted by molar-refractivity contribution is 0.0945. The second kappa shape index (κ2) is 5.12. The minimum atomic E-state index is -0.129. The number of hydrogen-bond acceptors (Lipinski definition) is 4. The lowest BCUT2D eigenvalue weighted by atomic mass is 10.2. The van der Waals surface area contributed by atoms with E-state index in [1.807, 2.05) is 0 Å². The fraction of sp³-hybridized carbons (Fsp3) is 0.583. The molecule has 2 N–H and O–H groups in total. The lowest BCUT2D eigenvalue weighted by Crippen LogP contribution is -2.26. The molecule has 0 spiro atoms. The van der Waals surface area contributed by atoms with Crippen molar-refractivity contribution in [3.63, 3.8) is 0 Å². The summed E-state index contributed by atoms with van der Waals surface area (Å²) in [5.41, 5.74) is 0.381. The van der Waals surface area contributed by atoms with E-state index >= 15 is 0 Å². The first-order chi connectivity index (χ1) is 8.15. The Bertz CT molecular complexity index is 384. The van der Waals surface area contributed by atoms with Gasteiger partial charge in [0, 0.05) is 12.6 Å². The monoisotopic (exact) mass is 234 g/mol. The molecule has 0 atom stereocenters. The summed E-state index contributed by atoms with van der Waals surface area (Å²) in [7, 11) is 0. The number of nitrogens with zero attached hydrogens (tertiary/aromatic N) is 2. The molecule has 17 heavy (non-hydrogen) atoms. The van der Waals surface area contributed by atoms with E-state index in [9.17, 15) is 4.79 Å². The zero-order valence-electron chi connectivity index (χ0n) is 10.2. The predicted molar refractivity (Wildman–Crippen MR) is 65.8 cm³/mol. The molecule has 0 aromatic carbocycles. The molecular formula is C12H18N4O. The highest BCUT2D eigenvalue weighted by atomic mass is 16.2. The number of rotatable bonds is 5. The number of aromatic nitrogens is 2. The molecule has 1 aromatic heterocycles. The van der Waals surface area contributed by atoms with Crippen molar-refractivity contribution in [1.29, 1.82) is 0 Å². The van der Waals surface area contributed by atoms with E-state index in [1.54, 1.807) is 6.20 Å². The molecule has 0 bridgehead atoms. The second-order valence-corrected chi connectivity index (χ2v) is 4.81. The van der Waals surface area contributed by atoms with Gasteiger partial charge >= 0.3 is 0 Å². The minimum Gasteiger partial charge on any atom is -0.369 e. The Hall–Kier alpha value is -1.65. The molecule has 1 amide bonds. The quantitative estimate of drug-likeness (QED) is 0.809. The maximum Gasteiger partial charge on any atom is 0.271 e. The lowest BCUT2D eigenvalue weighted by Gasteiger charge is -2.08. The highest BCUT2D eigenvalue weighted by Gasteiger charge is 2.24. The molecule has 0 radical (unpaired) electrons. The van der Waals surface area contributed by atoms with Gasteiger partial charge in [-0.05, 0) is 18.8 Å². The molecule has 0 saturated heterocycles. The van der Waals surface area contributed by atoms with E-state index in [1.165, 1.54) is 6.20 Å². The van der Waals surface area contributed by atoms with E-state index in [0.29, 0.717) is 23.5 Å². The van der Waals surface area contributed by atoms with Crippen LogP contribution in [0.4, 0.5) is 5.82 Å². The standard InChI is InChI=1S/C12H18N4O/c1-8(2)5-14-11-7-13-10(6-15-11)12(17)16-9-3-4-9/h6-9H,3-5H2,1-2H3,(H,14,15)(H,16,17). The van der Waals surface area contributed by atoms with Gasteiger partial charge in [0.25, 0.3) is 5.91 Å². The zero-order chi connectivity index (χ0) is 12.3. The Labute approximate surface area is 101 Å². The van der Waals surface area contributed by atoms with Gasteiger partial charge in [0.1, 0.15) is 11.5 Å². The first-order valence-corrected chi connectivity index (χ1v) is 6.02. The molecule has 5 nitrogen and oxygen atoms in total. The van der Waals surface area contributed by atoms with Gasteiger partial charge in [0.2, 0.25) is 0 Å². The summed E-state index contributed by atoms with van der Waals surface area (Å²) in [6.07, 6.45) is 5.27. The zero-order valence-corrected chi connectivity index (χ0v) is 10.2. The third kappa shape index (κ3) is 3.69. The first kappa shape index (κ1) is 11.8. The van der Waals surface area contributed by atoms with Crippen LogP contribution in [-0.4, -0.2) is 28.5 Å². The summed E-state index contributed by atoms with van der Waals surface area (Å²) < 4.78 is 0. The summed E-state index contributed by atoms with van der Waals surface area (Å²) in [5, 5.41) is 6.04. The summed E-state index contributed by atoms with van der Waals surface area (Å²) in [5.74, 6) is 1.13. The summed E-state index contributed by atoms with van der Waals surface area (Å²) in [6, 6.07) is 0.350. The van der Waals surface area contributed by atoms with Crippen molar-refractivity contribution in [3.05, 3.63) is 18.1 Å². The smallest absolute Gasteiger partial charge is 0.271 e. The van der Waals surface area contributed by atoms with E-state index in [4.69, 9.17) is 0 Å². The SMILES string of the molecule is CC(C)CNc1cnc(C(=O)NC2CC2)cn1. The molecule has 5 heteroatoms. The van der Waals surface area contributed by atoms with Crippen LogP contribution in [0.3, 0.4) is 0 Å². The van der Waals surface area contributed by atoms with Gasteiger partial charge in [-0.1, -0.05) is 13.8 Å². The van der Waals surface area contributed by atoms with Gasteiger partial charge in [0.15, 0.2) is 0 Å². The maximum atomic E-state index is 11.6. The van der Waals surface area contributed by atoms with E-state index in [0.717, 1.165) is 19.4 Å². The molecule has 1 aromatic rings. The molecule has 1 aliphatic carbocycles. The number of carbonyl (C=O) groups is 1. The highest BCUT2D eigenvalue weighted by molar-refractivity contribution is 5.92. The van der Waals surface area contributed by atoms with Crippen LogP contribution in [0.5, 0.6) is 0 Å². The van der Waals surface area contributed by atoms with Crippen molar-refractivity contribution in [2.75, 3.05) is 11.9 Å². The summed E-state index contributed by atoms with van der Waals surface area (Å²) >= 11 is 0. The molecule has 0 aliphatic heterocycles. The number of nitrogens with one attached hydrogen (secondary N) is 2. The van der Waals surface area contributed by atoms with E-state index in [2.05, 4.69) is 34.4 Å². The fourth-order valence-corrected chi connectivity index (χ4v) is 1.33. The Balaban J connectivity index is 1.89. The molecule has 1 fully saturated rings. The molecule has 2 rings (SSSR count). The van der Waals surface area contributed by atoms with Crippen LogP contribution in [0.1, 0.15) is 37.2 Å². The van der Waals surface area contributed by atoms with Gasteiger partial charge in [-0.2, -0.15) is 0 Å². The highest BCUT2D eigenvalue weighted by Crippen LogP contribution is 2.19. The van der Waals surface area contributed by atoms with Crippen molar-refractivity contribution in [2.45, 2.75) is 32.7 Å². The number of anilines is 1. The summed E-state index contributed by atoms with van der Waals surface area (Å²) in [6.45, 7) is 5.10. The third-order valence-corrected chi connectivity index (χ3v) is 2.49. The van der Waals surface area contributed by atoms with Crippen molar-refractivity contribution in [2.24, 2.45) is 5.92 Å². The molecule has 1 heterocycles. The van der Waals surface area contributed by atoms with Crippen LogP contribution >= 0.6 is 0 Å². The van der Waals surface area contributed by atoms with Crippen LogP contribution in [0.15, 0.2) is 12.4 Å². The largest absolute Gasteiger partial charge is 0.369 e. The van der Waals surface area contributed by atoms with Gasteiger partial charge in [-0.3, -0.25) is 4.79 Å². The molecule has 0 unspecified atom stereocenters. The fourth-order valence-electron chi connectivity index (χ4n) is 1.33. The molecule has 1 aliphatic rings. The molecule has 1 saturated carbocycles. The molecule has 92 valence electrons. The topological polar surface area (TPSA) is 66.9 Å². The van der Waals surface area contributed by atoms with Crippen LogP contribution < -0.4 is 10.6 Å². The van der Waals surface area contributed by atoms with Crippen molar-refractivity contribution in [3.8, 4) is 0 Å². The van der Waals surface area contributed by atoms with E-state index < -0.39 is 0 Å². The number of hydrogen-bond donors (Lipinski definition) is 2. The Morgan fingerprint density at radius 1 is 1.41 bits per heavy atom. The second-order valence-electron chi connectivity index (χ2n) is 4.81. The van der Waals surface area contributed by atoms with Crippen molar-refractivity contribution < 1.29 is 4.79 Å². The summed E-state index contributed by atoms with van der Waals surface area (Å²) in [4.78, 5) is 19.9. The van der Waals surface area contributed by atoms with Gasteiger partial charge in [-0.15, -0.1) is 0 Å². The third-order valence-electron chi connectivity index (χ3n) is 2.49. The van der Waals surface area contributed by atoms with Crippen molar-refractivity contribution >= 4 is 11.7 Å². The van der Waals surface area contributed by atoms with E-state index in [-0.39, 0.29) is 5.91 Å². The van der Waals surface area contributed by atoms with Crippen LogP contribution in [0.25, 0.3) is 0 Å². The average molecular weight is 234 g/mol. The average Bonchev–Trinajstić information content (AvgIpc) is 3.11. The van der Waals surface area contributed by atoms with Crippen LogP contribution in [0, 0.1) is 5.92 Å². The van der Waals surface area contributed by atoms with Crippen LogP contribution in [-0.2, 0) is 0 Å².